The van der Waals surface area contributed by atoms with Crippen molar-refractivity contribution in [3.8, 4) is 0 Å². The molecule has 1 aliphatic rings. The lowest BCUT2D eigenvalue weighted by molar-refractivity contribution is -0.110. The number of pyridine rings is 1. The van der Waals surface area contributed by atoms with Crippen LogP contribution >= 0.6 is 0 Å². The van der Waals surface area contributed by atoms with E-state index in [-0.39, 0.29) is 6.54 Å². The number of aromatic nitrogens is 2. The molecule has 22 heavy (non-hydrogen) atoms. The molecule has 114 valence electrons. The maximum atomic E-state index is 14.5. The summed E-state index contributed by atoms with van der Waals surface area (Å²) in [4.78, 5) is 4.29. The quantitative estimate of drug-likeness (QED) is 0.725. The number of aliphatic hydroxyl groups excluding tert-OH is 1. The van der Waals surface area contributed by atoms with Crippen molar-refractivity contribution in [3.63, 3.8) is 0 Å². The molecule has 0 spiro atoms. The highest BCUT2D eigenvalue weighted by molar-refractivity contribution is 6.06. The minimum atomic E-state index is -3.05. The number of hydrogen-bond donors (Lipinski definition) is 2. The van der Waals surface area contributed by atoms with Crippen LogP contribution in [0, 0.1) is 0 Å². The first-order chi connectivity index (χ1) is 10.6. The molecule has 1 aromatic carbocycles. The van der Waals surface area contributed by atoms with E-state index in [2.05, 4.69) is 10.3 Å². The van der Waals surface area contributed by atoms with Crippen LogP contribution in [0.3, 0.4) is 0 Å². The van der Waals surface area contributed by atoms with E-state index in [1.165, 1.54) is 4.57 Å². The van der Waals surface area contributed by atoms with E-state index in [0.717, 1.165) is 10.8 Å². The van der Waals surface area contributed by atoms with Gasteiger partial charge in [-0.15, -0.1) is 0 Å². The van der Waals surface area contributed by atoms with E-state index in [1.54, 1.807) is 18.3 Å². The molecule has 0 radical (unpaired) electrons. The zero-order chi connectivity index (χ0) is 15.3. The van der Waals surface area contributed by atoms with Crippen molar-refractivity contribution >= 4 is 21.9 Å². The van der Waals surface area contributed by atoms with E-state index in [1.807, 2.05) is 24.3 Å². The Kier molecular flexibility index (Phi) is 2.92. The largest absolute Gasteiger partial charge is 0.389 e. The van der Waals surface area contributed by atoms with Crippen molar-refractivity contribution in [2.45, 2.75) is 18.1 Å². The number of para-hydroxylation sites is 1. The molecule has 6 heteroatoms. The molecule has 1 aliphatic heterocycles. The summed E-state index contributed by atoms with van der Waals surface area (Å²) in [6.45, 7) is -0.309. The molecule has 2 aromatic heterocycles. The van der Waals surface area contributed by atoms with Crippen LogP contribution in [0.4, 0.5) is 8.78 Å². The number of β-amino-alcohol motifs (C(OH)–C–C–N with tert-alkyl or cyclic N) is 1. The van der Waals surface area contributed by atoms with Crippen LogP contribution in [0.15, 0.2) is 42.6 Å². The molecule has 2 N–H and O–H groups in total. The van der Waals surface area contributed by atoms with Gasteiger partial charge in [0.1, 0.15) is 11.7 Å². The Bertz CT molecular complexity index is 792. The van der Waals surface area contributed by atoms with Crippen molar-refractivity contribution in [2.24, 2.45) is 0 Å². The number of benzene rings is 1. The number of halogens is 2. The second-order valence-corrected chi connectivity index (χ2v) is 5.67. The molecule has 0 amide bonds. The summed E-state index contributed by atoms with van der Waals surface area (Å²) in [7, 11) is 0. The van der Waals surface area contributed by atoms with Crippen LogP contribution in [-0.4, -0.2) is 39.8 Å². The second kappa shape index (κ2) is 4.72. The number of rotatable bonds is 1. The second-order valence-electron chi connectivity index (χ2n) is 5.67. The minimum absolute atomic E-state index is 0.140. The number of nitrogens with zero attached hydrogens (tertiary/aromatic N) is 2. The first-order valence-electron chi connectivity index (χ1n) is 7.20. The predicted octanol–water partition coefficient (Wildman–Crippen LogP) is 2.33. The molecule has 3 aromatic rings. The topological polar surface area (TPSA) is 50.1 Å². The SMILES string of the molecule is O[C@H]1CNCC(F)(F)[C@@H]1n1c2ccccc2c2cccnc21. The van der Waals surface area contributed by atoms with Crippen molar-refractivity contribution in [1.29, 1.82) is 0 Å². The van der Waals surface area contributed by atoms with Crippen LogP contribution < -0.4 is 5.32 Å². The number of alkyl halides is 2. The van der Waals surface area contributed by atoms with Crippen LogP contribution in [-0.2, 0) is 0 Å². The molecule has 1 fully saturated rings. The number of aliphatic hydroxyl groups is 1. The van der Waals surface area contributed by atoms with Gasteiger partial charge in [-0.2, -0.15) is 0 Å². The summed E-state index contributed by atoms with van der Waals surface area (Å²) in [6, 6.07) is 9.69. The van der Waals surface area contributed by atoms with E-state index in [9.17, 15) is 13.9 Å². The van der Waals surface area contributed by atoms with Gasteiger partial charge in [0.15, 0.2) is 0 Å². The first kappa shape index (κ1) is 13.6. The third-order valence-corrected chi connectivity index (χ3v) is 4.26. The van der Waals surface area contributed by atoms with Gasteiger partial charge in [-0.25, -0.2) is 13.8 Å². The highest BCUT2D eigenvalue weighted by Gasteiger charge is 2.48. The van der Waals surface area contributed by atoms with Gasteiger partial charge in [0, 0.05) is 23.5 Å². The third kappa shape index (κ3) is 1.84. The van der Waals surface area contributed by atoms with Crippen molar-refractivity contribution in [1.82, 2.24) is 14.9 Å². The first-order valence-corrected chi connectivity index (χ1v) is 7.20. The molecular formula is C16H15F2N3O. The number of hydrogen-bond acceptors (Lipinski definition) is 3. The lowest BCUT2D eigenvalue weighted by atomic mass is 9.99. The fourth-order valence-electron chi connectivity index (χ4n) is 3.35. The van der Waals surface area contributed by atoms with Crippen molar-refractivity contribution in [2.75, 3.05) is 13.1 Å². The number of piperidine rings is 1. The molecule has 0 unspecified atom stereocenters. The molecule has 4 nitrogen and oxygen atoms in total. The van der Waals surface area contributed by atoms with Gasteiger partial charge in [-0.05, 0) is 18.2 Å². The molecule has 4 rings (SSSR count). The molecule has 3 heterocycles. The van der Waals surface area contributed by atoms with Crippen LogP contribution in [0.2, 0.25) is 0 Å². The van der Waals surface area contributed by atoms with Crippen LogP contribution in [0.5, 0.6) is 0 Å². The fourth-order valence-corrected chi connectivity index (χ4v) is 3.35. The Morgan fingerprint density at radius 2 is 1.95 bits per heavy atom. The summed E-state index contributed by atoms with van der Waals surface area (Å²) in [5, 5.41) is 14.5. The normalized spacial score (nSPS) is 24.9. The van der Waals surface area contributed by atoms with Crippen molar-refractivity contribution in [3.05, 3.63) is 42.6 Å². The summed E-state index contributed by atoms with van der Waals surface area (Å²) >= 11 is 0. The summed E-state index contributed by atoms with van der Waals surface area (Å²) in [6.07, 6.45) is 0.410. The van der Waals surface area contributed by atoms with E-state index in [4.69, 9.17) is 0 Å². The third-order valence-electron chi connectivity index (χ3n) is 4.26. The standard InChI is InChI=1S/C16H15F2N3O/c17-16(18)9-19-8-13(22)14(16)21-12-6-2-1-4-10(12)11-5-3-7-20-15(11)21/h1-7,13-14,19,22H,8-9H2/t13-,14+/m0/s1. The van der Waals surface area contributed by atoms with Gasteiger partial charge in [0.25, 0.3) is 5.92 Å². The van der Waals surface area contributed by atoms with Crippen molar-refractivity contribution < 1.29 is 13.9 Å². The van der Waals surface area contributed by atoms with Crippen LogP contribution in [0.25, 0.3) is 21.9 Å². The predicted molar refractivity (Wildman–Crippen MR) is 80.1 cm³/mol. The smallest absolute Gasteiger partial charge is 0.283 e. The summed E-state index contributed by atoms with van der Waals surface area (Å²) in [5.74, 6) is -3.05. The molecule has 0 aliphatic carbocycles. The fraction of sp³-hybridized carbons (Fsp3) is 0.312. The molecule has 0 saturated carbocycles. The Balaban J connectivity index is 2.08. The van der Waals surface area contributed by atoms with E-state index >= 15 is 0 Å². The molecule has 2 atom stereocenters. The lowest BCUT2D eigenvalue weighted by Gasteiger charge is -2.37. The average Bonchev–Trinajstić information content (AvgIpc) is 2.82. The van der Waals surface area contributed by atoms with Gasteiger partial charge in [0.2, 0.25) is 0 Å². The molecule has 1 saturated heterocycles. The zero-order valence-electron chi connectivity index (χ0n) is 11.7. The van der Waals surface area contributed by atoms with Gasteiger partial charge in [-0.1, -0.05) is 18.2 Å². The Hall–Kier alpha value is -2.05. The monoisotopic (exact) mass is 303 g/mol. The highest BCUT2D eigenvalue weighted by Crippen LogP contribution is 2.40. The Morgan fingerprint density at radius 1 is 1.18 bits per heavy atom. The molecule has 0 bridgehead atoms. The average molecular weight is 303 g/mol. The van der Waals surface area contributed by atoms with Gasteiger partial charge < -0.3 is 15.0 Å². The van der Waals surface area contributed by atoms with Gasteiger partial charge in [0.05, 0.1) is 18.2 Å². The Labute approximate surface area is 125 Å². The summed E-state index contributed by atoms with van der Waals surface area (Å²) < 4.78 is 30.4. The van der Waals surface area contributed by atoms with Gasteiger partial charge in [-0.3, -0.25) is 0 Å². The highest BCUT2D eigenvalue weighted by atomic mass is 19.3. The minimum Gasteiger partial charge on any atom is -0.389 e. The lowest BCUT2D eigenvalue weighted by Crippen LogP contribution is -2.54. The number of fused-ring (bicyclic) bond motifs is 3. The molecular weight excluding hydrogens is 288 g/mol. The summed E-state index contributed by atoms with van der Waals surface area (Å²) in [5.41, 5.74) is 1.15. The number of nitrogens with one attached hydrogen (secondary N) is 1. The maximum absolute atomic E-state index is 14.5. The van der Waals surface area contributed by atoms with Crippen LogP contribution in [0.1, 0.15) is 6.04 Å². The Morgan fingerprint density at radius 3 is 2.77 bits per heavy atom. The zero-order valence-corrected chi connectivity index (χ0v) is 11.7. The van der Waals surface area contributed by atoms with E-state index in [0.29, 0.717) is 11.2 Å². The maximum Gasteiger partial charge on any atom is 0.283 e. The van der Waals surface area contributed by atoms with E-state index < -0.39 is 24.6 Å². The van der Waals surface area contributed by atoms with Gasteiger partial charge >= 0.3 is 0 Å².